The van der Waals surface area contributed by atoms with Gasteiger partial charge in [0.05, 0.1) is 5.75 Å². The predicted octanol–water partition coefficient (Wildman–Crippen LogP) is 0.305. The Kier molecular flexibility index (Phi) is 6.02. The maximum atomic E-state index is 12.7. The van der Waals surface area contributed by atoms with Crippen LogP contribution in [0.1, 0.15) is 45.4 Å². The van der Waals surface area contributed by atoms with E-state index in [4.69, 9.17) is 5.73 Å². The number of sulfonamides is 1. The van der Waals surface area contributed by atoms with Gasteiger partial charge in [-0.2, -0.15) is 4.31 Å². The number of nitrogens with zero attached hydrogens (tertiary/aromatic N) is 2. The summed E-state index contributed by atoms with van der Waals surface area (Å²) in [6, 6.07) is -0.568. The third kappa shape index (κ3) is 4.23. The van der Waals surface area contributed by atoms with E-state index in [2.05, 4.69) is 0 Å². The fourth-order valence-corrected chi connectivity index (χ4v) is 5.24. The lowest BCUT2D eigenvalue weighted by Crippen LogP contribution is -2.51. The van der Waals surface area contributed by atoms with E-state index in [1.54, 1.807) is 4.90 Å². The van der Waals surface area contributed by atoms with Crippen LogP contribution >= 0.6 is 0 Å². The number of likely N-dealkylation sites (tertiary alicyclic amines) is 1. The van der Waals surface area contributed by atoms with E-state index < -0.39 is 16.1 Å². The van der Waals surface area contributed by atoms with Gasteiger partial charge in [-0.05, 0) is 32.1 Å². The Morgan fingerprint density at radius 1 is 1.13 bits per heavy atom. The summed E-state index contributed by atoms with van der Waals surface area (Å²) >= 11 is 0. The van der Waals surface area contributed by atoms with Gasteiger partial charge in [-0.15, -0.1) is 0 Å². The van der Waals surface area contributed by atoms with Crippen molar-refractivity contribution in [2.75, 3.05) is 25.4 Å². The number of nitrogens with two attached hydrogens (primary N) is 1. The largest absolute Gasteiger partial charge is 0.369 e. The van der Waals surface area contributed by atoms with Crippen molar-refractivity contribution in [2.45, 2.75) is 51.5 Å². The topological polar surface area (TPSA) is 101 Å². The summed E-state index contributed by atoms with van der Waals surface area (Å²) in [4.78, 5) is 25.6. The minimum absolute atomic E-state index is 0.108. The van der Waals surface area contributed by atoms with Crippen molar-refractivity contribution in [3.63, 3.8) is 0 Å². The molecule has 8 heteroatoms. The molecule has 2 amide bonds. The van der Waals surface area contributed by atoms with E-state index in [-0.39, 0.29) is 23.5 Å². The number of piperidine rings is 1. The maximum absolute atomic E-state index is 12.7. The SMILES string of the molecule is CCCCS(=O)(=O)N1CCCC1C(=O)N1CCC(C(N)=O)CC1. The van der Waals surface area contributed by atoms with Crippen molar-refractivity contribution >= 4 is 21.8 Å². The quantitative estimate of drug-likeness (QED) is 0.748. The van der Waals surface area contributed by atoms with Gasteiger partial charge in [0.25, 0.3) is 0 Å². The number of primary amides is 1. The molecule has 132 valence electrons. The van der Waals surface area contributed by atoms with Crippen LogP contribution in [-0.2, 0) is 19.6 Å². The second kappa shape index (κ2) is 7.61. The van der Waals surface area contributed by atoms with Crippen molar-refractivity contribution < 1.29 is 18.0 Å². The lowest BCUT2D eigenvalue weighted by atomic mass is 9.96. The molecule has 2 saturated heterocycles. The van der Waals surface area contributed by atoms with Gasteiger partial charge >= 0.3 is 0 Å². The third-order valence-corrected chi connectivity index (χ3v) is 6.77. The number of hydrogen-bond acceptors (Lipinski definition) is 4. The van der Waals surface area contributed by atoms with Gasteiger partial charge in [0.1, 0.15) is 6.04 Å². The summed E-state index contributed by atoms with van der Waals surface area (Å²) in [5.41, 5.74) is 5.31. The Hall–Kier alpha value is -1.15. The monoisotopic (exact) mass is 345 g/mol. The predicted molar refractivity (Wildman–Crippen MR) is 86.9 cm³/mol. The van der Waals surface area contributed by atoms with Crippen LogP contribution in [0.4, 0.5) is 0 Å². The molecule has 0 aliphatic carbocycles. The van der Waals surface area contributed by atoms with Crippen LogP contribution in [0.25, 0.3) is 0 Å². The molecule has 1 atom stereocenters. The first-order chi connectivity index (χ1) is 10.9. The lowest BCUT2D eigenvalue weighted by Gasteiger charge is -2.34. The summed E-state index contributed by atoms with van der Waals surface area (Å²) in [5.74, 6) is -0.504. The lowest BCUT2D eigenvalue weighted by molar-refractivity contribution is -0.137. The maximum Gasteiger partial charge on any atom is 0.241 e. The molecule has 0 aromatic carbocycles. The van der Waals surface area contributed by atoms with Crippen LogP contribution in [-0.4, -0.2) is 60.9 Å². The van der Waals surface area contributed by atoms with Gasteiger partial charge in [-0.25, -0.2) is 8.42 Å². The smallest absolute Gasteiger partial charge is 0.241 e. The Morgan fingerprint density at radius 3 is 2.35 bits per heavy atom. The van der Waals surface area contributed by atoms with E-state index in [0.717, 1.165) is 12.8 Å². The van der Waals surface area contributed by atoms with Crippen LogP contribution in [0, 0.1) is 5.92 Å². The average molecular weight is 345 g/mol. The Balaban J connectivity index is 2.00. The highest BCUT2D eigenvalue weighted by atomic mass is 32.2. The van der Waals surface area contributed by atoms with Crippen molar-refractivity contribution in [1.29, 1.82) is 0 Å². The molecule has 0 aromatic heterocycles. The van der Waals surface area contributed by atoms with Crippen LogP contribution in [0.15, 0.2) is 0 Å². The van der Waals surface area contributed by atoms with Crippen molar-refractivity contribution in [3.05, 3.63) is 0 Å². The molecule has 23 heavy (non-hydrogen) atoms. The van der Waals surface area contributed by atoms with E-state index in [1.807, 2.05) is 6.92 Å². The standard InChI is InChI=1S/C15H27N3O4S/c1-2-3-11-23(21,22)18-8-4-5-13(18)15(20)17-9-6-12(7-10-17)14(16)19/h12-13H,2-11H2,1H3,(H2,16,19). The average Bonchev–Trinajstić information content (AvgIpc) is 3.03. The van der Waals surface area contributed by atoms with Gasteiger partial charge in [-0.3, -0.25) is 9.59 Å². The number of rotatable bonds is 6. The molecule has 2 rings (SSSR count). The molecule has 0 aromatic rings. The molecule has 7 nitrogen and oxygen atoms in total. The third-order valence-electron chi connectivity index (χ3n) is 4.81. The normalized spacial score (nSPS) is 24.0. The molecular weight excluding hydrogens is 318 g/mol. The van der Waals surface area contributed by atoms with Gasteiger partial charge < -0.3 is 10.6 Å². The van der Waals surface area contributed by atoms with Gasteiger partial charge in [0, 0.05) is 25.6 Å². The van der Waals surface area contributed by atoms with Crippen LogP contribution < -0.4 is 5.73 Å². The molecule has 0 radical (unpaired) electrons. The Bertz CT molecular complexity index is 541. The molecule has 2 N–H and O–H groups in total. The number of carbonyl (C=O) groups is 2. The highest BCUT2D eigenvalue weighted by molar-refractivity contribution is 7.89. The second-order valence-electron chi connectivity index (χ2n) is 6.44. The second-order valence-corrected chi connectivity index (χ2v) is 8.48. The van der Waals surface area contributed by atoms with Crippen LogP contribution in [0.3, 0.4) is 0 Å². The van der Waals surface area contributed by atoms with Gasteiger partial charge in [0.2, 0.25) is 21.8 Å². The molecule has 0 bridgehead atoms. The Morgan fingerprint density at radius 2 is 1.78 bits per heavy atom. The summed E-state index contributed by atoms with van der Waals surface area (Å²) < 4.78 is 26.2. The number of amides is 2. The number of unbranched alkanes of at least 4 members (excludes halogenated alkanes) is 1. The zero-order chi connectivity index (χ0) is 17.0. The highest BCUT2D eigenvalue weighted by Gasteiger charge is 2.40. The van der Waals surface area contributed by atoms with E-state index in [1.165, 1.54) is 4.31 Å². The minimum atomic E-state index is -3.37. The molecule has 2 fully saturated rings. The van der Waals surface area contributed by atoms with E-state index in [0.29, 0.717) is 45.3 Å². The molecule has 0 saturated carbocycles. The van der Waals surface area contributed by atoms with Crippen molar-refractivity contribution in [1.82, 2.24) is 9.21 Å². The minimum Gasteiger partial charge on any atom is -0.369 e. The van der Waals surface area contributed by atoms with Crippen molar-refractivity contribution in [3.8, 4) is 0 Å². The number of hydrogen-bond donors (Lipinski definition) is 1. The summed E-state index contributed by atoms with van der Waals surface area (Å²) in [7, 11) is -3.37. The zero-order valence-corrected chi connectivity index (χ0v) is 14.6. The molecule has 2 aliphatic heterocycles. The first-order valence-corrected chi connectivity index (χ1v) is 10.1. The molecular formula is C15H27N3O4S. The van der Waals surface area contributed by atoms with E-state index in [9.17, 15) is 18.0 Å². The first kappa shape index (κ1) is 18.2. The van der Waals surface area contributed by atoms with Crippen molar-refractivity contribution in [2.24, 2.45) is 11.7 Å². The summed E-state index contributed by atoms with van der Waals surface area (Å²) in [5, 5.41) is 0. The van der Waals surface area contributed by atoms with Crippen LogP contribution in [0.2, 0.25) is 0 Å². The van der Waals surface area contributed by atoms with Crippen LogP contribution in [0.5, 0.6) is 0 Å². The molecule has 2 heterocycles. The Labute approximate surface area is 138 Å². The highest BCUT2D eigenvalue weighted by Crippen LogP contribution is 2.26. The number of carbonyl (C=O) groups excluding carboxylic acids is 2. The van der Waals surface area contributed by atoms with Gasteiger partial charge in [0.15, 0.2) is 0 Å². The molecule has 1 unspecified atom stereocenters. The van der Waals surface area contributed by atoms with E-state index >= 15 is 0 Å². The zero-order valence-electron chi connectivity index (χ0n) is 13.7. The summed E-state index contributed by atoms with van der Waals surface area (Å²) in [6.07, 6.45) is 3.86. The first-order valence-electron chi connectivity index (χ1n) is 8.44. The molecule has 2 aliphatic rings. The fraction of sp³-hybridized carbons (Fsp3) is 0.867. The fourth-order valence-electron chi connectivity index (χ4n) is 3.36. The molecule has 0 spiro atoms. The summed E-state index contributed by atoms with van der Waals surface area (Å²) in [6.45, 7) is 3.34. The van der Waals surface area contributed by atoms with Gasteiger partial charge in [-0.1, -0.05) is 13.3 Å².